The van der Waals surface area contributed by atoms with Crippen LogP contribution in [0.15, 0.2) is 24.3 Å². The van der Waals surface area contributed by atoms with Crippen molar-refractivity contribution in [1.82, 2.24) is 10.2 Å². The van der Waals surface area contributed by atoms with E-state index in [1.165, 1.54) is 0 Å². The van der Waals surface area contributed by atoms with Crippen molar-refractivity contribution in [2.75, 3.05) is 11.4 Å². The van der Waals surface area contributed by atoms with Crippen LogP contribution in [0.25, 0.3) is 10.9 Å². The smallest absolute Gasteiger partial charge is 0.230 e. The standard InChI is InChI=1S/C13H16N4O2/c1-9-6-7-10(17(18)19)8-16(9)13-11-4-2-3-5-12(11)14-15-13/h2-5,9-10H,6-8H2,1H3,(H,14,15). The first-order valence-corrected chi connectivity index (χ1v) is 6.50. The number of anilines is 1. The SMILES string of the molecule is CC1CCC([N+](=O)[O-])CN1c1n[nH]c2ccccc12. The highest BCUT2D eigenvalue weighted by Gasteiger charge is 2.33. The summed E-state index contributed by atoms with van der Waals surface area (Å²) in [6.45, 7) is 2.53. The fourth-order valence-electron chi connectivity index (χ4n) is 2.72. The summed E-state index contributed by atoms with van der Waals surface area (Å²) >= 11 is 0. The molecular weight excluding hydrogens is 244 g/mol. The Kier molecular flexibility index (Phi) is 2.85. The monoisotopic (exact) mass is 260 g/mol. The van der Waals surface area contributed by atoms with Gasteiger partial charge in [-0.1, -0.05) is 12.1 Å². The van der Waals surface area contributed by atoms with Gasteiger partial charge in [-0.25, -0.2) is 0 Å². The van der Waals surface area contributed by atoms with Gasteiger partial charge in [0, 0.05) is 22.8 Å². The van der Waals surface area contributed by atoms with E-state index in [1.54, 1.807) is 0 Å². The van der Waals surface area contributed by atoms with Crippen LogP contribution in [0.1, 0.15) is 19.8 Å². The van der Waals surface area contributed by atoms with Gasteiger partial charge in [0.05, 0.1) is 12.1 Å². The number of aromatic nitrogens is 2. The van der Waals surface area contributed by atoms with E-state index in [0.29, 0.717) is 13.0 Å². The van der Waals surface area contributed by atoms with Crippen molar-refractivity contribution in [3.63, 3.8) is 0 Å². The van der Waals surface area contributed by atoms with E-state index in [1.807, 2.05) is 24.3 Å². The van der Waals surface area contributed by atoms with E-state index in [2.05, 4.69) is 22.0 Å². The molecule has 2 atom stereocenters. The minimum absolute atomic E-state index is 0.173. The molecule has 0 amide bonds. The van der Waals surface area contributed by atoms with Gasteiger partial charge in [0.15, 0.2) is 5.82 Å². The Morgan fingerprint density at radius 1 is 1.42 bits per heavy atom. The number of nitro groups is 1. The van der Waals surface area contributed by atoms with Crippen LogP contribution < -0.4 is 4.90 Å². The fourth-order valence-corrected chi connectivity index (χ4v) is 2.72. The van der Waals surface area contributed by atoms with Crippen molar-refractivity contribution < 1.29 is 4.92 Å². The second-order valence-corrected chi connectivity index (χ2v) is 5.11. The fraction of sp³-hybridized carbons (Fsp3) is 0.462. The molecule has 6 nitrogen and oxygen atoms in total. The molecule has 0 spiro atoms. The maximum atomic E-state index is 11.0. The minimum Gasteiger partial charge on any atom is -0.345 e. The van der Waals surface area contributed by atoms with Crippen LogP contribution >= 0.6 is 0 Å². The van der Waals surface area contributed by atoms with Crippen LogP contribution in [-0.2, 0) is 0 Å². The molecule has 1 aliphatic rings. The molecule has 3 rings (SSSR count). The highest BCUT2D eigenvalue weighted by molar-refractivity contribution is 5.90. The third-order valence-electron chi connectivity index (χ3n) is 3.88. The average Bonchev–Trinajstić information content (AvgIpc) is 2.83. The van der Waals surface area contributed by atoms with Gasteiger partial charge in [-0.2, -0.15) is 5.10 Å². The first-order chi connectivity index (χ1) is 9.16. The van der Waals surface area contributed by atoms with Crippen molar-refractivity contribution in [3.05, 3.63) is 34.4 Å². The molecule has 0 radical (unpaired) electrons. The number of rotatable bonds is 2. The number of benzene rings is 1. The number of aromatic amines is 1. The molecule has 0 aliphatic carbocycles. The van der Waals surface area contributed by atoms with Crippen LogP contribution in [0.4, 0.5) is 5.82 Å². The lowest BCUT2D eigenvalue weighted by molar-refractivity contribution is -0.522. The minimum atomic E-state index is -0.494. The van der Waals surface area contributed by atoms with Crippen LogP contribution in [0.2, 0.25) is 0 Å². The van der Waals surface area contributed by atoms with Gasteiger partial charge in [-0.05, 0) is 25.5 Å². The Morgan fingerprint density at radius 3 is 3.00 bits per heavy atom. The molecule has 1 aromatic heterocycles. The number of fused-ring (bicyclic) bond motifs is 1. The lowest BCUT2D eigenvalue weighted by atomic mass is 9.99. The van der Waals surface area contributed by atoms with E-state index in [9.17, 15) is 10.1 Å². The van der Waals surface area contributed by atoms with Crippen LogP contribution in [0.5, 0.6) is 0 Å². The molecule has 1 saturated heterocycles. The van der Waals surface area contributed by atoms with Gasteiger partial charge in [0.1, 0.15) is 0 Å². The number of para-hydroxylation sites is 1. The molecule has 19 heavy (non-hydrogen) atoms. The van der Waals surface area contributed by atoms with Crippen molar-refractivity contribution in [2.24, 2.45) is 0 Å². The van der Waals surface area contributed by atoms with Crippen molar-refractivity contribution in [2.45, 2.75) is 31.8 Å². The van der Waals surface area contributed by atoms with E-state index in [-0.39, 0.29) is 11.0 Å². The zero-order valence-corrected chi connectivity index (χ0v) is 10.7. The predicted octanol–water partition coefficient (Wildman–Crippen LogP) is 2.20. The van der Waals surface area contributed by atoms with E-state index >= 15 is 0 Å². The Balaban J connectivity index is 1.97. The quantitative estimate of drug-likeness (QED) is 0.663. The molecule has 0 saturated carbocycles. The lowest BCUT2D eigenvalue weighted by Gasteiger charge is -2.34. The van der Waals surface area contributed by atoms with Gasteiger partial charge >= 0.3 is 0 Å². The number of nitrogens with zero attached hydrogens (tertiary/aromatic N) is 3. The molecule has 1 N–H and O–H groups in total. The van der Waals surface area contributed by atoms with Gasteiger partial charge in [-0.3, -0.25) is 15.2 Å². The second kappa shape index (κ2) is 4.53. The van der Waals surface area contributed by atoms with Crippen molar-refractivity contribution in [1.29, 1.82) is 0 Å². The van der Waals surface area contributed by atoms with Gasteiger partial charge in [0.25, 0.3) is 0 Å². The maximum Gasteiger partial charge on any atom is 0.230 e. The van der Waals surface area contributed by atoms with Crippen molar-refractivity contribution in [3.8, 4) is 0 Å². The summed E-state index contributed by atoms with van der Waals surface area (Å²) in [7, 11) is 0. The molecule has 1 aromatic carbocycles. The van der Waals surface area contributed by atoms with E-state index in [0.717, 1.165) is 23.1 Å². The molecule has 0 bridgehead atoms. The van der Waals surface area contributed by atoms with E-state index in [4.69, 9.17) is 0 Å². The zero-order chi connectivity index (χ0) is 13.4. The molecular formula is C13H16N4O2. The van der Waals surface area contributed by atoms with Crippen molar-refractivity contribution >= 4 is 16.7 Å². The molecule has 2 heterocycles. The number of H-pyrrole nitrogens is 1. The number of hydrogen-bond donors (Lipinski definition) is 1. The third kappa shape index (κ3) is 2.03. The molecule has 2 unspecified atom stereocenters. The normalized spacial score (nSPS) is 23.7. The average molecular weight is 260 g/mol. The van der Waals surface area contributed by atoms with Gasteiger partial charge in [-0.15, -0.1) is 0 Å². The molecule has 6 heteroatoms. The van der Waals surface area contributed by atoms with Gasteiger partial charge in [0.2, 0.25) is 6.04 Å². The summed E-state index contributed by atoms with van der Waals surface area (Å²) in [6, 6.07) is 7.65. The zero-order valence-electron chi connectivity index (χ0n) is 10.7. The Morgan fingerprint density at radius 2 is 2.21 bits per heavy atom. The molecule has 2 aromatic rings. The summed E-state index contributed by atoms with van der Waals surface area (Å²) in [5, 5.41) is 19.3. The second-order valence-electron chi connectivity index (χ2n) is 5.11. The first-order valence-electron chi connectivity index (χ1n) is 6.50. The largest absolute Gasteiger partial charge is 0.345 e. The third-order valence-corrected chi connectivity index (χ3v) is 3.88. The molecule has 1 aliphatic heterocycles. The molecule has 100 valence electrons. The first kappa shape index (κ1) is 12.0. The summed E-state index contributed by atoms with van der Waals surface area (Å²) < 4.78 is 0. The summed E-state index contributed by atoms with van der Waals surface area (Å²) in [5.74, 6) is 0.828. The summed E-state index contributed by atoms with van der Waals surface area (Å²) in [4.78, 5) is 12.9. The molecule has 1 fully saturated rings. The maximum absolute atomic E-state index is 11.0. The number of hydrogen-bond acceptors (Lipinski definition) is 4. The summed E-state index contributed by atoms with van der Waals surface area (Å²) in [6.07, 6.45) is 1.47. The highest BCUT2D eigenvalue weighted by Crippen LogP contribution is 2.29. The topological polar surface area (TPSA) is 75.1 Å². The number of nitrogens with one attached hydrogen (secondary N) is 1. The summed E-state index contributed by atoms with van der Waals surface area (Å²) in [5.41, 5.74) is 0.966. The Bertz CT molecular complexity index is 609. The lowest BCUT2D eigenvalue weighted by Crippen LogP contribution is -2.47. The van der Waals surface area contributed by atoms with Crippen LogP contribution in [-0.4, -0.2) is 33.7 Å². The van der Waals surface area contributed by atoms with Crippen LogP contribution in [0.3, 0.4) is 0 Å². The van der Waals surface area contributed by atoms with Crippen LogP contribution in [0, 0.1) is 10.1 Å². The Hall–Kier alpha value is -2.11. The number of piperidine rings is 1. The van der Waals surface area contributed by atoms with E-state index < -0.39 is 6.04 Å². The Labute approximate surface area is 110 Å². The predicted molar refractivity (Wildman–Crippen MR) is 72.9 cm³/mol. The highest BCUT2D eigenvalue weighted by atomic mass is 16.6. The van der Waals surface area contributed by atoms with Gasteiger partial charge < -0.3 is 4.90 Å².